The molecule has 24 heavy (non-hydrogen) atoms. The van der Waals surface area contributed by atoms with Crippen molar-refractivity contribution >= 4 is 17.7 Å². The molecule has 0 atom stereocenters. The van der Waals surface area contributed by atoms with E-state index in [2.05, 4.69) is 23.5 Å². The number of hydrogen-bond acceptors (Lipinski definition) is 3. The minimum atomic E-state index is -0.431. The average molecular weight is 345 g/mol. The molecule has 0 bridgehead atoms. The third kappa shape index (κ3) is 4.16. The van der Waals surface area contributed by atoms with Gasteiger partial charge in [-0.1, -0.05) is 12.1 Å². The molecule has 0 aliphatic heterocycles. The van der Waals surface area contributed by atoms with Crippen LogP contribution in [0.1, 0.15) is 28.7 Å². The molecule has 3 rings (SSSR count). The monoisotopic (exact) mass is 345 g/mol. The van der Waals surface area contributed by atoms with Gasteiger partial charge < -0.3 is 10.4 Å². The summed E-state index contributed by atoms with van der Waals surface area (Å²) in [5, 5.41) is 11.9. The van der Waals surface area contributed by atoms with Gasteiger partial charge in [0.1, 0.15) is 5.82 Å². The molecular formula is C19H20FNO2S. The minimum absolute atomic E-state index is 0.0598. The molecule has 0 heterocycles. The van der Waals surface area contributed by atoms with Gasteiger partial charge in [0.25, 0.3) is 0 Å². The van der Waals surface area contributed by atoms with Crippen LogP contribution in [0, 0.1) is 5.82 Å². The van der Waals surface area contributed by atoms with Crippen molar-refractivity contribution in [3.8, 4) is 0 Å². The Morgan fingerprint density at radius 3 is 2.83 bits per heavy atom. The molecule has 0 spiro atoms. The summed E-state index contributed by atoms with van der Waals surface area (Å²) in [5.74, 6) is -0.137. The lowest BCUT2D eigenvalue weighted by molar-refractivity contribution is -0.118. The third-order valence-corrected chi connectivity index (χ3v) is 5.20. The second-order valence-electron chi connectivity index (χ2n) is 5.93. The van der Waals surface area contributed by atoms with Crippen LogP contribution in [-0.2, 0) is 30.8 Å². The molecule has 0 saturated carbocycles. The standard InChI is InChI=1S/C19H20FNO2S/c20-18-7-4-13(8-16(18)11-22)10-21-19(23)12-24-17-6-5-14-2-1-3-15(14)9-17/h4-9,22H,1-3,10-12H2,(H,21,23). The Balaban J connectivity index is 1.49. The van der Waals surface area contributed by atoms with Gasteiger partial charge in [-0.15, -0.1) is 11.8 Å². The molecule has 0 radical (unpaired) electrons. The maximum absolute atomic E-state index is 13.3. The third-order valence-electron chi connectivity index (χ3n) is 4.21. The van der Waals surface area contributed by atoms with Crippen LogP contribution in [0.5, 0.6) is 0 Å². The molecule has 2 N–H and O–H groups in total. The Bertz CT molecular complexity index is 731. The van der Waals surface area contributed by atoms with E-state index in [1.165, 1.54) is 35.4 Å². The van der Waals surface area contributed by atoms with Gasteiger partial charge in [0, 0.05) is 17.0 Å². The van der Waals surface area contributed by atoms with Crippen LogP contribution < -0.4 is 5.32 Å². The van der Waals surface area contributed by atoms with Gasteiger partial charge in [0.05, 0.1) is 12.4 Å². The van der Waals surface area contributed by atoms with Gasteiger partial charge in [0.15, 0.2) is 0 Å². The first-order valence-corrected chi connectivity index (χ1v) is 9.04. The topological polar surface area (TPSA) is 49.3 Å². The van der Waals surface area contributed by atoms with Crippen molar-refractivity contribution in [3.63, 3.8) is 0 Å². The van der Waals surface area contributed by atoms with Crippen molar-refractivity contribution in [2.45, 2.75) is 37.3 Å². The highest BCUT2D eigenvalue weighted by molar-refractivity contribution is 8.00. The normalized spacial score (nSPS) is 12.9. The molecule has 5 heteroatoms. The first-order chi connectivity index (χ1) is 11.7. The van der Waals surface area contributed by atoms with Gasteiger partial charge in [-0.25, -0.2) is 4.39 Å². The molecule has 2 aromatic carbocycles. The van der Waals surface area contributed by atoms with Gasteiger partial charge in [-0.3, -0.25) is 4.79 Å². The Kier molecular flexibility index (Phi) is 5.53. The van der Waals surface area contributed by atoms with E-state index in [4.69, 9.17) is 5.11 Å². The number of rotatable bonds is 6. The van der Waals surface area contributed by atoms with Crippen LogP contribution >= 0.6 is 11.8 Å². The number of aliphatic hydroxyl groups is 1. The molecule has 0 fully saturated rings. The Morgan fingerprint density at radius 1 is 1.17 bits per heavy atom. The molecular weight excluding hydrogens is 325 g/mol. The predicted molar refractivity (Wildman–Crippen MR) is 93.4 cm³/mol. The Hall–Kier alpha value is -1.85. The summed E-state index contributed by atoms with van der Waals surface area (Å²) in [6.45, 7) is -0.0152. The van der Waals surface area contributed by atoms with Crippen LogP contribution in [0.15, 0.2) is 41.3 Å². The summed E-state index contributed by atoms with van der Waals surface area (Å²) in [6.07, 6.45) is 3.51. The van der Waals surface area contributed by atoms with E-state index in [0.29, 0.717) is 12.3 Å². The summed E-state index contributed by atoms with van der Waals surface area (Å²) >= 11 is 1.53. The number of amides is 1. The molecule has 1 aliphatic carbocycles. The molecule has 2 aromatic rings. The summed E-state index contributed by atoms with van der Waals surface area (Å²) in [5.41, 5.74) is 3.86. The molecule has 3 nitrogen and oxygen atoms in total. The fraction of sp³-hybridized carbons (Fsp3) is 0.316. The highest BCUT2D eigenvalue weighted by Gasteiger charge is 2.11. The predicted octanol–water partition coefficient (Wildman–Crippen LogP) is 3.22. The number of fused-ring (bicyclic) bond motifs is 1. The van der Waals surface area contributed by atoms with E-state index in [-0.39, 0.29) is 18.1 Å². The number of aryl methyl sites for hydroxylation is 2. The number of halogens is 1. The number of nitrogens with one attached hydrogen (secondary N) is 1. The molecule has 1 aliphatic rings. The van der Waals surface area contributed by atoms with Gasteiger partial charge >= 0.3 is 0 Å². The number of hydrogen-bond donors (Lipinski definition) is 2. The van der Waals surface area contributed by atoms with E-state index in [9.17, 15) is 9.18 Å². The number of carbonyl (C=O) groups is 1. The second kappa shape index (κ2) is 7.81. The van der Waals surface area contributed by atoms with Crippen LogP contribution in [-0.4, -0.2) is 16.8 Å². The van der Waals surface area contributed by atoms with Crippen molar-refractivity contribution in [2.75, 3.05) is 5.75 Å². The van der Waals surface area contributed by atoms with E-state index in [0.717, 1.165) is 23.3 Å². The van der Waals surface area contributed by atoms with Crippen LogP contribution in [0.3, 0.4) is 0 Å². The van der Waals surface area contributed by atoms with Crippen molar-refractivity contribution in [1.29, 1.82) is 0 Å². The summed E-state index contributed by atoms with van der Waals surface area (Å²) < 4.78 is 13.3. The van der Waals surface area contributed by atoms with E-state index in [1.807, 2.05) is 0 Å². The van der Waals surface area contributed by atoms with Crippen molar-refractivity contribution < 1.29 is 14.3 Å². The lowest BCUT2D eigenvalue weighted by Gasteiger charge is -2.08. The second-order valence-corrected chi connectivity index (χ2v) is 6.98. The van der Waals surface area contributed by atoms with Crippen molar-refractivity contribution in [2.24, 2.45) is 0 Å². The van der Waals surface area contributed by atoms with Crippen molar-refractivity contribution in [1.82, 2.24) is 5.32 Å². The lowest BCUT2D eigenvalue weighted by atomic mass is 10.1. The first kappa shape index (κ1) is 17.0. The van der Waals surface area contributed by atoms with Crippen LogP contribution in [0.2, 0.25) is 0 Å². The number of benzene rings is 2. The highest BCUT2D eigenvalue weighted by Crippen LogP contribution is 2.27. The zero-order valence-electron chi connectivity index (χ0n) is 13.3. The number of thioether (sulfide) groups is 1. The van der Waals surface area contributed by atoms with E-state index < -0.39 is 5.82 Å². The largest absolute Gasteiger partial charge is 0.392 e. The highest BCUT2D eigenvalue weighted by atomic mass is 32.2. The minimum Gasteiger partial charge on any atom is -0.392 e. The van der Waals surface area contributed by atoms with Gasteiger partial charge in [-0.2, -0.15) is 0 Å². The van der Waals surface area contributed by atoms with Crippen LogP contribution in [0.4, 0.5) is 4.39 Å². The van der Waals surface area contributed by atoms with Crippen LogP contribution in [0.25, 0.3) is 0 Å². The van der Waals surface area contributed by atoms with E-state index >= 15 is 0 Å². The molecule has 1 amide bonds. The number of carbonyl (C=O) groups excluding carboxylic acids is 1. The fourth-order valence-corrected chi connectivity index (χ4v) is 3.69. The Morgan fingerprint density at radius 2 is 2.00 bits per heavy atom. The summed E-state index contributed by atoms with van der Waals surface area (Å²) in [6, 6.07) is 10.9. The van der Waals surface area contributed by atoms with Gasteiger partial charge in [0.2, 0.25) is 5.91 Å². The summed E-state index contributed by atoms with van der Waals surface area (Å²) in [7, 11) is 0. The Labute approximate surface area is 145 Å². The fourth-order valence-electron chi connectivity index (χ4n) is 2.90. The zero-order valence-corrected chi connectivity index (χ0v) is 14.2. The number of aliphatic hydroxyl groups excluding tert-OH is 1. The lowest BCUT2D eigenvalue weighted by Crippen LogP contribution is -2.24. The first-order valence-electron chi connectivity index (χ1n) is 8.05. The van der Waals surface area contributed by atoms with Crippen molar-refractivity contribution in [3.05, 3.63) is 64.5 Å². The molecule has 0 unspecified atom stereocenters. The maximum atomic E-state index is 13.3. The SMILES string of the molecule is O=C(CSc1ccc2c(c1)CCC2)NCc1ccc(F)c(CO)c1. The van der Waals surface area contributed by atoms with Gasteiger partial charge in [-0.05, 0) is 60.2 Å². The summed E-state index contributed by atoms with van der Waals surface area (Å²) in [4.78, 5) is 13.1. The zero-order chi connectivity index (χ0) is 16.9. The average Bonchev–Trinajstić information content (AvgIpc) is 3.07. The quantitative estimate of drug-likeness (QED) is 0.791. The van der Waals surface area contributed by atoms with E-state index in [1.54, 1.807) is 12.1 Å². The molecule has 0 saturated heterocycles. The smallest absolute Gasteiger partial charge is 0.230 e. The maximum Gasteiger partial charge on any atom is 0.230 e. The molecule has 126 valence electrons. The molecule has 0 aromatic heterocycles.